The van der Waals surface area contributed by atoms with E-state index in [1.807, 2.05) is 0 Å². The van der Waals surface area contributed by atoms with Crippen molar-refractivity contribution in [1.29, 1.82) is 0 Å². The molecule has 0 atom stereocenters. The third kappa shape index (κ3) is 1.97. The van der Waals surface area contributed by atoms with Crippen LogP contribution in [0.25, 0.3) is 0 Å². The van der Waals surface area contributed by atoms with Gasteiger partial charge in [-0.2, -0.15) is 0 Å². The quantitative estimate of drug-likeness (QED) is 0.688. The molecule has 1 aliphatic rings. The first-order valence-electron chi connectivity index (χ1n) is 5.68. The summed E-state index contributed by atoms with van der Waals surface area (Å²) in [5.74, 6) is 0. The van der Waals surface area contributed by atoms with Crippen molar-refractivity contribution in [1.82, 2.24) is 0 Å². The first-order chi connectivity index (χ1) is 7.15. The summed E-state index contributed by atoms with van der Waals surface area (Å²) in [6, 6.07) is 6.53. The average molecular weight is 202 g/mol. The van der Waals surface area contributed by atoms with Crippen LogP contribution in [0.4, 0.5) is 0 Å². The van der Waals surface area contributed by atoms with E-state index in [4.69, 9.17) is 0 Å². The maximum Gasteiger partial charge on any atom is 0.126 e. The number of carbonyl (C=O) groups is 1. The lowest BCUT2D eigenvalue weighted by Gasteiger charge is -2.36. The van der Waals surface area contributed by atoms with Gasteiger partial charge in [-0.3, -0.25) is 0 Å². The molecule has 15 heavy (non-hydrogen) atoms. The van der Waals surface area contributed by atoms with Crippen LogP contribution in [0.2, 0.25) is 0 Å². The Balaban J connectivity index is 2.17. The first-order valence-corrected chi connectivity index (χ1v) is 5.68. The molecule has 1 aliphatic carbocycles. The number of hydrogen-bond donors (Lipinski definition) is 0. The standard InChI is InChI=1S/C14H18O/c1-11-4-5-13(8-12(11)2)9-14(10-15)6-3-7-14/h4-5,8,10H,3,6-7,9H2,1-2H3. The first kappa shape index (κ1) is 10.4. The van der Waals surface area contributed by atoms with Crippen LogP contribution in [-0.2, 0) is 11.2 Å². The molecule has 2 rings (SSSR count). The van der Waals surface area contributed by atoms with E-state index in [1.165, 1.54) is 29.4 Å². The molecule has 0 amide bonds. The maximum atomic E-state index is 11.1. The molecule has 0 bridgehead atoms. The predicted molar refractivity (Wildman–Crippen MR) is 62.0 cm³/mol. The molecule has 0 aliphatic heterocycles. The second kappa shape index (κ2) is 3.80. The minimum absolute atomic E-state index is 0.0261. The Morgan fingerprint density at radius 2 is 2.00 bits per heavy atom. The highest BCUT2D eigenvalue weighted by molar-refractivity contribution is 5.61. The fourth-order valence-electron chi connectivity index (χ4n) is 2.29. The van der Waals surface area contributed by atoms with Crippen molar-refractivity contribution >= 4 is 6.29 Å². The van der Waals surface area contributed by atoms with Gasteiger partial charge in [-0.05, 0) is 49.8 Å². The van der Waals surface area contributed by atoms with Crippen molar-refractivity contribution in [3.05, 3.63) is 34.9 Å². The van der Waals surface area contributed by atoms with Crippen LogP contribution >= 0.6 is 0 Å². The van der Waals surface area contributed by atoms with Gasteiger partial charge in [-0.15, -0.1) is 0 Å². The van der Waals surface area contributed by atoms with Crippen molar-refractivity contribution in [3.8, 4) is 0 Å². The lowest BCUT2D eigenvalue weighted by molar-refractivity contribution is -0.120. The molecule has 0 radical (unpaired) electrons. The van der Waals surface area contributed by atoms with E-state index in [1.54, 1.807) is 0 Å². The van der Waals surface area contributed by atoms with E-state index in [9.17, 15) is 4.79 Å². The highest BCUT2D eigenvalue weighted by Gasteiger charge is 2.36. The molecule has 1 nitrogen and oxygen atoms in total. The lowest BCUT2D eigenvalue weighted by atomic mass is 9.66. The highest BCUT2D eigenvalue weighted by Crippen LogP contribution is 2.41. The molecule has 0 saturated heterocycles. The van der Waals surface area contributed by atoms with E-state index < -0.39 is 0 Å². The Labute approximate surface area is 91.5 Å². The summed E-state index contributed by atoms with van der Waals surface area (Å²) < 4.78 is 0. The molecule has 80 valence electrons. The molecule has 1 aromatic carbocycles. The average Bonchev–Trinajstić information content (AvgIpc) is 2.17. The molecule has 0 spiro atoms. The number of aldehydes is 1. The predicted octanol–water partition coefficient (Wildman–Crippen LogP) is 3.22. The van der Waals surface area contributed by atoms with Crippen LogP contribution in [0.5, 0.6) is 0 Å². The van der Waals surface area contributed by atoms with Crippen molar-refractivity contribution in [2.75, 3.05) is 0 Å². The fourth-order valence-corrected chi connectivity index (χ4v) is 2.29. The van der Waals surface area contributed by atoms with Crippen molar-refractivity contribution < 1.29 is 4.79 Å². The third-order valence-electron chi connectivity index (χ3n) is 3.73. The van der Waals surface area contributed by atoms with E-state index in [0.717, 1.165) is 19.3 Å². The number of hydrogen-bond acceptors (Lipinski definition) is 1. The normalized spacial score (nSPS) is 18.3. The van der Waals surface area contributed by atoms with Gasteiger partial charge in [-0.1, -0.05) is 24.6 Å². The Morgan fingerprint density at radius 3 is 2.47 bits per heavy atom. The lowest BCUT2D eigenvalue weighted by Crippen LogP contribution is -2.33. The summed E-state index contributed by atoms with van der Waals surface area (Å²) in [6.45, 7) is 4.26. The van der Waals surface area contributed by atoms with Gasteiger partial charge in [-0.25, -0.2) is 0 Å². The zero-order chi connectivity index (χ0) is 10.9. The smallest absolute Gasteiger partial charge is 0.126 e. The highest BCUT2D eigenvalue weighted by atomic mass is 16.1. The summed E-state index contributed by atoms with van der Waals surface area (Å²) >= 11 is 0. The van der Waals surface area contributed by atoms with Crippen molar-refractivity contribution in [2.45, 2.75) is 39.5 Å². The Hall–Kier alpha value is -1.11. The van der Waals surface area contributed by atoms with Gasteiger partial charge in [0, 0.05) is 5.41 Å². The number of rotatable bonds is 3. The largest absolute Gasteiger partial charge is 0.303 e. The van der Waals surface area contributed by atoms with Gasteiger partial charge in [0.1, 0.15) is 6.29 Å². The van der Waals surface area contributed by atoms with Crippen LogP contribution in [-0.4, -0.2) is 6.29 Å². The van der Waals surface area contributed by atoms with Crippen molar-refractivity contribution in [3.63, 3.8) is 0 Å². The number of aryl methyl sites for hydroxylation is 2. The minimum Gasteiger partial charge on any atom is -0.303 e. The monoisotopic (exact) mass is 202 g/mol. The Kier molecular flexibility index (Phi) is 2.64. The molecule has 0 aromatic heterocycles. The molecule has 0 heterocycles. The molecule has 1 fully saturated rings. The van der Waals surface area contributed by atoms with E-state index in [0.29, 0.717) is 0 Å². The van der Waals surface area contributed by atoms with Crippen molar-refractivity contribution in [2.24, 2.45) is 5.41 Å². The SMILES string of the molecule is Cc1ccc(CC2(C=O)CCC2)cc1C. The van der Waals surface area contributed by atoms with Gasteiger partial charge >= 0.3 is 0 Å². The maximum absolute atomic E-state index is 11.1. The summed E-state index contributed by atoms with van der Waals surface area (Å²) in [7, 11) is 0. The van der Waals surface area contributed by atoms with Gasteiger partial charge in [0.25, 0.3) is 0 Å². The van der Waals surface area contributed by atoms with Crippen LogP contribution in [0.1, 0.15) is 36.0 Å². The molecule has 1 saturated carbocycles. The number of benzene rings is 1. The van der Waals surface area contributed by atoms with Gasteiger partial charge in [0.15, 0.2) is 0 Å². The van der Waals surface area contributed by atoms with E-state index in [-0.39, 0.29) is 5.41 Å². The Morgan fingerprint density at radius 1 is 1.27 bits per heavy atom. The summed E-state index contributed by atoms with van der Waals surface area (Å²) in [5.41, 5.74) is 3.94. The van der Waals surface area contributed by atoms with Gasteiger partial charge in [0.2, 0.25) is 0 Å². The van der Waals surface area contributed by atoms with Crippen LogP contribution in [0.15, 0.2) is 18.2 Å². The molecular formula is C14H18O. The topological polar surface area (TPSA) is 17.1 Å². The van der Waals surface area contributed by atoms with Gasteiger partial charge in [0.05, 0.1) is 0 Å². The molecule has 1 aromatic rings. The molecular weight excluding hydrogens is 184 g/mol. The zero-order valence-corrected chi connectivity index (χ0v) is 9.55. The Bertz CT molecular complexity index is 375. The summed E-state index contributed by atoms with van der Waals surface area (Å²) in [5, 5.41) is 0. The summed E-state index contributed by atoms with van der Waals surface area (Å²) in [6.07, 6.45) is 5.46. The molecule has 0 N–H and O–H groups in total. The third-order valence-corrected chi connectivity index (χ3v) is 3.73. The molecule has 0 unspecified atom stereocenters. The second-order valence-corrected chi connectivity index (χ2v) is 4.93. The van der Waals surface area contributed by atoms with Crippen LogP contribution in [0, 0.1) is 19.3 Å². The fraction of sp³-hybridized carbons (Fsp3) is 0.500. The zero-order valence-electron chi connectivity index (χ0n) is 9.55. The number of carbonyl (C=O) groups excluding carboxylic acids is 1. The van der Waals surface area contributed by atoms with Crippen LogP contribution < -0.4 is 0 Å². The van der Waals surface area contributed by atoms with Crippen LogP contribution in [0.3, 0.4) is 0 Å². The van der Waals surface area contributed by atoms with E-state index in [2.05, 4.69) is 32.0 Å². The summed E-state index contributed by atoms with van der Waals surface area (Å²) in [4.78, 5) is 11.1. The minimum atomic E-state index is -0.0261. The van der Waals surface area contributed by atoms with E-state index >= 15 is 0 Å². The second-order valence-electron chi connectivity index (χ2n) is 4.93. The van der Waals surface area contributed by atoms with Gasteiger partial charge < -0.3 is 4.79 Å². The molecule has 1 heteroatoms.